The molecule has 0 heterocycles. The SMILES string of the molecule is CC(CCc1ccccc1)C(NC(=O)c1cc(OC(F)(F)F)ccc1F)C(=O)O. The zero-order valence-electron chi connectivity index (χ0n) is 15.4. The maximum absolute atomic E-state index is 13.9. The lowest BCUT2D eigenvalue weighted by molar-refractivity contribution is -0.274. The summed E-state index contributed by atoms with van der Waals surface area (Å²) >= 11 is 0. The number of carbonyl (C=O) groups excluding carboxylic acids is 1. The van der Waals surface area contributed by atoms with Crippen LogP contribution >= 0.6 is 0 Å². The van der Waals surface area contributed by atoms with Gasteiger partial charge < -0.3 is 15.2 Å². The van der Waals surface area contributed by atoms with E-state index in [9.17, 15) is 32.3 Å². The van der Waals surface area contributed by atoms with Crippen LogP contribution in [-0.2, 0) is 11.2 Å². The molecule has 0 spiro atoms. The summed E-state index contributed by atoms with van der Waals surface area (Å²) in [5.41, 5.74) is 0.242. The lowest BCUT2D eigenvalue weighted by Gasteiger charge is -2.22. The smallest absolute Gasteiger partial charge is 0.480 e. The standard InChI is InChI=1S/C20H19F4NO4/c1-12(7-8-13-5-3-2-4-6-13)17(19(27)28)25-18(26)15-11-14(9-10-16(15)21)29-20(22,23)24/h2-6,9-12,17H,7-8H2,1H3,(H,25,26)(H,27,28). The van der Waals surface area contributed by atoms with Crippen molar-refractivity contribution in [3.8, 4) is 5.75 Å². The van der Waals surface area contributed by atoms with Crippen LogP contribution in [0.1, 0.15) is 29.3 Å². The predicted molar refractivity (Wildman–Crippen MR) is 95.9 cm³/mol. The van der Waals surface area contributed by atoms with Crippen LogP contribution in [0, 0.1) is 11.7 Å². The summed E-state index contributed by atoms with van der Waals surface area (Å²) in [4.78, 5) is 23.9. The minimum Gasteiger partial charge on any atom is -0.480 e. The van der Waals surface area contributed by atoms with Gasteiger partial charge in [-0.25, -0.2) is 9.18 Å². The van der Waals surface area contributed by atoms with Crippen molar-refractivity contribution in [3.05, 3.63) is 65.5 Å². The molecule has 2 aromatic rings. The average Bonchev–Trinajstić information content (AvgIpc) is 2.65. The minimum atomic E-state index is -5.01. The third-order valence-corrected chi connectivity index (χ3v) is 4.27. The molecular weight excluding hydrogens is 394 g/mol. The van der Waals surface area contributed by atoms with Gasteiger partial charge in [-0.15, -0.1) is 13.2 Å². The Balaban J connectivity index is 2.10. The highest BCUT2D eigenvalue weighted by molar-refractivity contribution is 5.97. The van der Waals surface area contributed by atoms with Crippen molar-refractivity contribution >= 4 is 11.9 Å². The largest absolute Gasteiger partial charge is 0.573 e. The van der Waals surface area contributed by atoms with E-state index >= 15 is 0 Å². The van der Waals surface area contributed by atoms with Crippen LogP contribution in [0.5, 0.6) is 5.75 Å². The Bertz CT molecular complexity index is 855. The Morgan fingerprint density at radius 1 is 1.14 bits per heavy atom. The molecule has 29 heavy (non-hydrogen) atoms. The highest BCUT2D eigenvalue weighted by Gasteiger charge is 2.32. The van der Waals surface area contributed by atoms with E-state index in [0.29, 0.717) is 25.0 Å². The van der Waals surface area contributed by atoms with E-state index in [1.807, 2.05) is 30.3 Å². The van der Waals surface area contributed by atoms with Gasteiger partial charge in [0.1, 0.15) is 17.6 Å². The summed E-state index contributed by atoms with van der Waals surface area (Å²) in [6, 6.07) is 9.87. The van der Waals surface area contributed by atoms with E-state index in [0.717, 1.165) is 11.6 Å². The van der Waals surface area contributed by atoms with Gasteiger partial charge in [0.05, 0.1) is 5.56 Å². The number of aliphatic carboxylic acids is 1. The van der Waals surface area contributed by atoms with E-state index in [4.69, 9.17) is 0 Å². The molecule has 2 aromatic carbocycles. The first-order valence-corrected chi connectivity index (χ1v) is 8.69. The number of ether oxygens (including phenoxy) is 1. The molecule has 1 amide bonds. The van der Waals surface area contributed by atoms with Gasteiger partial charge in [0, 0.05) is 0 Å². The molecule has 0 fully saturated rings. The summed E-state index contributed by atoms with van der Waals surface area (Å²) in [5, 5.41) is 11.6. The van der Waals surface area contributed by atoms with Crippen LogP contribution in [0.25, 0.3) is 0 Å². The van der Waals surface area contributed by atoms with Crippen LogP contribution in [0.2, 0.25) is 0 Å². The molecule has 156 valence electrons. The van der Waals surface area contributed by atoms with Crippen molar-refractivity contribution in [1.29, 1.82) is 0 Å². The molecule has 0 aliphatic carbocycles. The second-order valence-corrected chi connectivity index (χ2v) is 6.48. The summed E-state index contributed by atoms with van der Waals surface area (Å²) in [6.45, 7) is 1.61. The fraction of sp³-hybridized carbons (Fsp3) is 0.300. The molecule has 0 radical (unpaired) electrons. The zero-order chi connectivity index (χ0) is 21.6. The Morgan fingerprint density at radius 3 is 2.38 bits per heavy atom. The fourth-order valence-electron chi connectivity index (χ4n) is 2.75. The minimum absolute atomic E-state index is 0.418. The second-order valence-electron chi connectivity index (χ2n) is 6.48. The third kappa shape index (κ3) is 6.78. The molecule has 0 aliphatic rings. The van der Waals surface area contributed by atoms with Crippen molar-refractivity contribution in [1.82, 2.24) is 5.32 Å². The first-order chi connectivity index (χ1) is 13.6. The van der Waals surface area contributed by atoms with Crippen molar-refractivity contribution in [2.45, 2.75) is 32.2 Å². The highest BCUT2D eigenvalue weighted by atomic mass is 19.4. The number of nitrogens with one attached hydrogen (secondary N) is 1. The Morgan fingerprint density at radius 2 is 1.79 bits per heavy atom. The molecule has 5 nitrogen and oxygen atoms in total. The van der Waals surface area contributed by atoms with Crippen molar-refractivity contribution in [2.75, 3.05) is 0 Å². The van der Waals surface area contributed by atoms with E-state index in [2.05, 4.69) is 10.1 Å². The first kappa shape index (κ1) is 22.2. The molecular formula is C20H19F4NO4. The Kier molecular flexibility index (Phi) is 7.19. The number of alkyl halides is 3. The lowest BCUT2D eigenvalue weighted by Crippen LogP contribution is -2.45. The molecule has 0 bridgehead atoms. The molecule has 0 saturated heterocycles. The number of aryl methyl sites for hydroxylation is 1. The number of hydrogen-bond acceptors (Lipinski definition) is 3. The fourth-order valence-corrected chi connectivity index (χ4v) is 2.75. The Hall–Kier alpha value is -3.10. The van der Waals surface area contributed by atoms with E-state index in [-0.39, 0.29) is 0 Å². The van der Waals surface area contributed by atoms with Gasteiger partial charge in [0.15, 0.2) is 0 Å². The number of carboxylic acids is 1. The van der Waals surface area contributed by atoms with Gasteiger partial charge in [-0.05, 0) is 42.5 Å². The quantitative estimate of drug-likeness (QED) is 0.637. The number of hydrogen-bond donors (Lipinski definition) is 2. The van der Waals surface area contributed by atoms with Gasteiger partial charge in [-0.3, -0.25) is 4.79 Å². The van der Waals surface area contributed by atoms with Crippen LogP contribution in [0.15, 0.2) is 48.5 Å². The van der Waals surface area contributed by atoms with Gasteiger partial charge in [-0.2, -0.15) is 0 Å². The first-order valence-electron chi connectivity index (χ1n) is 8.69. The zero-order valence-corrected chi connectivity index (χ0v) is 15.4. The number of benzene rings is 2. The molecule has 2 atom stereocenters. The second kappa shape index (κ2) is 9.40. The monoisotopic (exact) mass is 413 g/mol. The van der Waals surface area contributed by atoms with Crippen molar-refractivity contribution in [2.24, 2.45) is 5.92 Å². The normalized spacial score (nSPS) is 13.4. The molecule has 0 aliphatic heterocycles. The Labute approximate surface area is 164 Å². The summed E-state index contributed by atoms with van der Waals surface area (Å²) in [7, 11) is 0. The van der Waals surface area contributed by atoms with Crippen LogP contribution < -0.4 is 10.1 Å². The van der Waals surface area contributed by atoms with Crippen molar-refractivity contribution < 1.29 is 37.0 Å². The van der Waals surface area contributed by atoms with Gasteiger partial charge in [0.2, 0.25) is 0 Å². The number of halogens is 4. The average molecular weight is 413 g/mol. The van der Waals surface area contributed by atoms with Gasteiger partial charge >= 0.3 is 12.3 Å². The molecule has 2 rings (SSSR count). The van der Waals surface area contributed by atoms with Crippen LogP contribution in [0.4, 0.5) is 17.6 Å². The molecule has 9 heteroatoms. The predicted octanol–water partition coefficient (Wildman–Crippen LogP) is 4.18. The van der Waals surface area contributed by atoms with E-state index in [1.165, 1.54) is 0 Å². The molecule has 2 unspecified atom stereocenters. The topological polar surface area (TPSA) is 75.6 Å². The summed E-state index contributed by atoms with van der Waals surface area (Å²) in [6.07, 6.45) is -4.03. The van der Waals surface area contributed by atoms with Gasteiger partial charge in [0.25, 0.3) is 5.91 Å². The van der Waals surface area contributed by atoms with Crippen LogP contribution in [0.3, 0.4) is 0 Å². The highest BCUT2D eigenvalue weighted by Crippen LogP contribution is 2.25. The molecule has 0 saturated carbocycles. The molecule has 0 aromatic heterocycles. The maximum Gasteiger partial charge on any atom is 0.573 e. The number of rotatable bonds is 8. The molecule has 2 N–H and O–H groups in total. The van der Waals surface area contributed by atoms with Crippen molar-refractivity contribution in [3.63, 3.8) is 0 Å². The van der Waals surface area contributed by atoms with Crippen LogP contribution in [-0.4, -0.2) is 29.4 Å². The third-order valence-electron chi connectivity index (χ3n) is 4.27. The number of carboxylic acid groups (broad SMARTS) is 1. The lowest BCUT2D eigenvalue weighted by atomic mass is 9.94. The van der Waals surface area contributed by atoms with E-state index in [1.54, 1.807) is 6.92 Å². The summed E-state index contributed by atoms with van der Waals surface area (Å²) in [5.74, 6) is -4.88. The van der Waals surface area contributed by atoms with E-state index < -0.39 is 47.3 Å². The number of amides is 1. The number of carbonyl (C=O) groups is 2. The summed E-state index contributed by atoms with van der Waals surface area (Å²) < 4.78 is 54.6. The maximum atomic E-state index is 13.9. The van der Waals surface area contributed by atoms with Gasteiger partial charge in [-0.1, -0.05) is 37.3 Å².